The highest BCUT2D eigenvalue weighted by molar-refractivity contribution is 7.27. The van der Waals surface area contributed by atoms with Gasteiger partial charge >= 0.3 is 0 Å². The molecular weight excluding hydrogens is 278 g/mol. The summed E-state index contributed by atoms with van der Waals surface area (Å²) in [4.78, 5) is 14.7. The molecule has 96 valence electrons. The third-order valence-corrected chi connectivity index (χ3v) is 4.97. The molecule has 0 saturated heterocycles. The Balaban J connectivity index is 1.90. The smallest absolute Gasteiger partial charge is 0.268 e. The van der Waals surface area contributed by atoms with Crippen LogP contribution in [0.2, 0.25) is 0 Å². The average molecular weight is 289 g/mol. The van der Waals surface area contributed by atoms with Crippen LogP contribution >= 0.6 is 22.7 Å². The number of rotatable bonds is 2. The second kappa shape index (κ2) is 4.68. The second-order valence-corrected chi connectivity index (χ2v) is 6.17. The lowest BCUT2D eigenvalue weighted by molar-refractivity contribution is 0.0997. The number of amides is 1. The molecule has 0 spiro atoms. The highest BCUT2D eigenvalue weighted by Gasteiger charge is 2.16. The van der Waals surface area contributed by atoms with Crippen molar-refractivity contribution in [2.45, 2.75) is 0 Å². The monoisotopic (exact) mass is 289 g/mol. The number of phenolic OH excluding ortho intramolecular Hbond substituents is 1. The summed E-state index contributed by atoms with van der Waals surface area (Å²) in [5.41, 5.74) is 0.763. The maximum atomic E-state index is 12.4. The maximum absolute atomic E-state index is 12.4. The summed E-state index contributed by atoms with van der Waals surface area (Å²) < 4.78 is 2.29. The van der Waals surface area contributed by atoms with Gasteiger partial charge in [-0.1, -0.05) is 0 Å². The van der Waals surface area contributed by atoms with Crippen LogP contribution in [0, 0.1) is 0 Å². The van der Waals surface area contributed by atoms with Gasteiger partial charge in [-0.2, -0.15) is 0 Å². The van der Waals surface area contributed by atoms with Gasteiger partial charge in [-0.3, -0.25) is 4.79 Å². The molecule has 0 bridgehead atoms. The Bertz CT molecular complexity index is 699. The second-order valence-electron chi connectivity index (χ2n) is 4.14. The summed E-state index contributed by atoms with van der Waals surface area (Å²) in [5, 5.41) is 11.3. The van der Waals surface area contributed by atoms with Gasteiger partial charge in [-0.25, -0.2) is 0 Å². The number of nitrogens with zero attached hydrogens (tertiary/aromatic N) is 1. The molecular formula is C14H11NO2S2. The van der Waals surface area contributed by atoms with Crippen molar-refractivity contribution in [3.05, 3.63) is 46.7 Å². The first-order valence-corrected chi connectivity index (χ1v) is 7.39. The SMILES string of the molecule is CN(C(=O)c1cc2sccc2s1)c1ccc(O)cc1. The number of phenols is 1. The van der Waals surface area contributed by atoms with Crippen molar-refractivity contribution >= 4 is 43.7 Å². The zero-order valence-electron chi connectivity index (χ0n) is 10.2. The molecule has 5 heteroatoms. The maximum Gasteiger partial charge on any atom is 0.268 e. The lowest BCUT2D eigenvalue weighted by Crippen LogP contribution is -2.25. The third-order valence-electron chi connectivity index (χ3n) is 2.89. The number of hydrogen-bond donors (Lipinski definition) is 1. The average Bonchev–Trinajstić information content (AvgIpc) is 2.98. The largest absolute Gasteiger partial charge is 0.508 e. The molecule has 0 saturated carbocycles. The number of anilines is 1. The number of benzene rings is 1. The van der Waals surface area contributed by atoms with Crippen LogP contribution in [0.15, 0.2) is 41.8 Å². The Morgan fingerprint density at radius 3 is 2.58 bits per heavy atom. The fourth-order valence-corrected chi connectivity index (χ4v) is 3.91. The standard InChI is InChI=1S/C14H11NO2S2/c1-15(9-2-4-10(16)5-3-9)14(17)13-8-12-11(19-13)6-7-18-12/h2-8,16H,1H3. The van der Waals surface area contributed by atoms with Crippen LogP contribution in [0.5, 0.6) is 5.75 Å². The first-order chi connectivity index (χ1) is 9.15. The molecule has 0 unspecified atom stereocenters. The van der Waals surface area contributed by atoms with E-state index in [2.05, 4.69) is 0 Å². The van der Waals surface area contributed by atoms with E-state index in [0.29, 0.717) is 0 Å². The Kier molecular flexibility index (Phi) is 3.00. The fraction of sp³-hybridized carbons (Fsp3) is 0.0714. The van der Waals surface area contributed by atoms with Crippen LogP contribution in [0.3, 0.4) is 0 Å². The number of carbonyl (C=O) groups excluding carboxylic acids is 1. The van der Waals surface area contributed by atoms with Gasteiger partial charge in [-0.05, 0) is 41.8 Å². The van der Waals surface area contributed by atoms with Crippen LogP contribution in [0.4, 0.5) is 5.69 Å². The molecule has 0 fully saturated rings. The van der Waals surface area contributed by atoms with Crippen LogP contribution < -0.4 is 4.90 Å². The molecule has 0 atom stereocenters. The zero-order valence-corrected chi connectivity index (χ0v) is 11.8. The molecule has 3 rings (SSSR count). The van der Waals surface area contributed by atoms with Gasteiger partial charge in [0, 0.05) is 22.1 Å². The first-order valence-electron chi connectivity index (χ1n) is 5.69. The Morgan fingerprint density at radius 2 is 1.89 bits per heavy atom. The number of thiophene rings is 2. The van der Waals surface area contributed by atoms with E-state index in [9.17, 15) is 9.90 Å². The Hall–Kier alpha value is -1.85. The molecule has 0 aliphatic heterocycles. The van der Waals surface area contributed by atoms with Gasteiger partial charge in [0.1, 0.15) is 5.75 Å². The summed E-state index contributed by atoms with van der Waals surface area (Å²) in [6.45, 7) is 0. The molecule has 0 radical (unpaired) electrons. The van der Waals surface area contributed by atoms with Crippen molar-refractivity contribution in [1.29, 1.82) is 0 Å². The topological polar surface area (TPSA) is 40.5 Å². The van der Waals surface area contributed by atoms with Gasteiger partial charge in [-0.15, -0.1) is 22.7 Å². The van der Waals surface area contributed by atoms with E-state index < -0.39 is 0 Å². The van der Waals surface area contributed by atoms with E-state index in [4.69, 9.17) is 0 Å². The molecule has 3 aromatic rings. The molecule has 3 nitrogen and oxygen atoms in total. The van der Waals surface area contributed by atoms with E-state index in [1.807, 2.05) is 17.5 Å². The zero-order chi connectivity index (χ0) is 13.4. The normalized spacial score (nSPS) is 10.8. The van der Waals surface area contributed by atoms with Crippen molar-refractivity contribution in [3.8, 4) is 5.75 Å². The third kappa shape index (κ3) is 2.22. The summed E-state index contributed by atoms with van der Waals surface area (Å²) >= 11 is 3.15. The highest BCUT2D eigenvalue weighted by atomic mass is 32.1. The van der Waals surface area contributed by atoms with Crippen molar-refractivity contribution in [1.82, 2.24) is 0 Å². The van der Waals surface area contributed by atoms with Gasteiger partial charge < -0.3 is 10.0 Å². The van der Waals surface area contributed by atoms with Gasteiger partial charge in [0.05, 0.1) is 4.88 Å². The van der Waals surface area contributed by atoms with Crippen molar-refractivity contribution in [3.63, 3.8) is 0 Å². The molecule has 1 N–H and O–H groups in total. The minimum Gasteiger partial charge on any atom is -0.508 e. The van der Waals surface area contributed by atoms with Gasteiger partial charge in [0.2, 0.25) is 0 Å². The van der Waals surface area contributed by atoms with E-state index in [1.165, 1.54) is 11.3 Å². The minimum absolute atomic E-state index is 0.0286. The van der Waals surface area contributed by atoms with Crippen LogP contribution in [0.25, 0.3) is 9.40 Å². The van der Waals surface area contributed by atoms with Crippen molar-refractivity contribution in [2.24, 2.45) is 0 Å². The lowest BCUT2D eigenvalue weighted by atomic mass is 10.2. The summed E-state index contributed by atoms with van der Waals surface area (Å²) in [5.74, 6) is 0.167. The summed E-state index contributed by atoms with van der Waals surface area (Å²) in [7, 11) is 1.74. The van der Waals surface area contributed by atoms with Crippen LogP contribution in [-0.2, 0) is 0 Å². The first kappa shape index (κ1) is 12.2. The Labute approximate surface area is 118 Å². The van der Waals surface area contributed by atoms with Gasteiger partial charge in [0.15, 0.2) is 0 Å². The molecule has 0 aliphatic carbocycles. The molecule has 1 amide bonds. The molecule has 2 aromatic heterocycles. The lowest BCUT2D eigenvalue weighted by Gasteiger charge is -2.16. The highest BCUT2D eigenvalue weighted by Crippen LogP contribution is 2.31. The Morgan fingerprint density at radius 1 is 1.16 bits per heavy atom. The number of carbonyl (C=O) groups is 1. The molecule has 2 heterocycles. The number of aromatic hydroxyl groups is 1. The van der Waals surface area contributed by atoms with Crippen LogP contribution in [0.1, 0.15) is 9.67 Å². The van der Waals surface area contributed by atoms with E-state index >= 15 is 0 Å². The summed E-state index contributed by atoms with van der Waals surface area (Å²) in [6, 6.07) is 10.6. The van der Waals surface area contributed by atoms with E-state index in [0.717, 1.165) is 20.0 Å². The molecule has 0 aliphatic rings. The predicted octanol–water partition coefficient (Wildman–Crippen LogP) is 3.95. The van der Waals surface area contributed by atoms with Crippen molar-refractivity contribution < 1.29 is 9.90 Å². The van der Waals surface area contributed by atoms with Crippen LogP contribution in [-0.4, -0.2) is 18.1 Å². The quantitative estimate of drug-likeness (QED) is 0.776. The van der Waals surface area contributed by atoms with E-state index in [1.54, 1.807) is 47.5 Å². The minimum atomic E-state index is -0.0286. The number of fused-ring (bicyclic) bond motifs is 1. The van der Waals surface area contributed by atoms with Crippen molar-refractivity contribution in [2.75, 3.05) is 11.9 Å². The fourth-order valence-electron chi connectivity index (χ4n) is 1.83. The predicted molar refractivity (Wildman–Crippen MR) is 80.5 cm³/mol. The molecule has 1 aromatic carbocycles. The summed E-state index contributed by atoms with van der Waals surface area (Å²) in [6.07, 6.45) is 0. The van der Waals surface area contributed by atoms with E-state index in [-0.39, 0.29) is 11.7 Å². The van der Waals surface area contributed by atoms with Gasteiger partial charge in [0.25, 0.3) is 5.91 Å². The number of hydrogen-bond acceptors (Lipinski definition) is 4. The molecule has 19 heavy (non-hydrogen) atoms.